The number of aliphatic imine (C=N–C) groups is 1. The van der Waals surface area contributed by atoms with E-state index in [0.717, 1.165) is 32.2 Å². The van der Waals surface area contributed by atoms with Crippen LogP contribution >= 0.6 is 0 Å². The number of likely N-dealkylation sites (tertiary alicyclic amines) is 1. The molecule has 0 bridgehead atoms. The van der Waals surface area contributed by atoms with Crippen molar-refractivity contribution in [2.45, 2.75) is 32.4 Å². The minimum atomic E-state index is 0.573. The fraction of sp³-hybridized carbons (Fsp3) is 0.632. The summed E-state index contributed by atoms with van der Waals surface area (Å²) in [6, 6.07) is 9.09. The first-order valence-corrected chi connectivity index (χ1v) is 8.85. The van der Waals surface area contributed by atoms with Gasteiger partial charge in [0.15, 0.2) is 5.96 Å². The first-order chi connectivity index (χ1) is 11.7. The quantitative estimate of drug-likeness (QED) is 0.613. The molecule has 1 fully saturated rings. The normalized spacial score (nSPS) is 18.8. The zero-order valence-electron chi connectivity index (χ0n) is 15.6. The molecule has 1 unspecified atom stereocenters. The van der Waals surface area contributed by atoms with Crippen LogP contribution in [0.25, 0.3) is 0 Å². The Kier molecular flexibility index (Phi) is 7.53. The Bertz CT molecular complexity index is 532. The number of nitrogens with zero attached hydrogens (tertiary/aromatic N) is 3. The summed E-state index contributed by atoms with van der Waals surface area (Å²) in [5, 5.41) is 3.55. The number of hydrogen-bond donors (Lipinski definition) is 1. The van der Waals surface area contributed by atoms with E-state index in [1.807, 2.05) is 7.05 Å². The van der Waals surface area contributed by atoms with Crippen molar-refractivity contribution in [2.24, 2.45) is 4.99 Å². The van der Waals surface area contributed by atoms with Crippen molar-refractivity contribution in [1.29, 1.82) is 0 Å². The number of methoxy groups -OCH3 is 1. The van der Waals surface area contributed by atoms with E-state index in [-0.39, 0.29) is 0 Å². The summed E-state index contributed by atoms with van der Waals surface area (Å²) in [7, 11) is 5.72. The number of ether oxygens (including phenoxy) is 1. The molecule has 0 spiro atoms. The van der Waals surface area contributed by atoms with Crippen molar-refractivity contribution in [3.8, 4) is 0 Å². The first kappa shape index (κ1) is 18.7. The lowest BCUT2D eigenvalue weighted by atomic mass is 10.1. The van der Waals surface area contributed by atoms with Gasteiger partial charge in [-0.1, -0.05) is 24.3 Å². The van der Waals surface area contributed by atoms with E-state index in [9.17, 15) is 0 Å². The van der Waals surface area contributed by atoms with E-state index in [4.69, 9.17) is 4.74 Å². The van der Waals surface area contributed by atoms with E-state index < -0.39 is 0 Å². The van der Waals surface area contributed by atoms with Crippen molar-refractivity contribution < 1.29 is 4.74 Å². The number of aryl methyl sites for hydroxylation is 1. The standard InChI is InChI=1S/C19H32N4O/c1-16-8-5-6-9-17(16)15-22(3)19(20-2)21-14-18-10-7-11-23(18)12-13-24-4/h5-6,8-9,18H,7,10-15H2,1-4H3,(H,20,21). The summed E-state index contributed by atoms with van der Waals surface area (Å²) >= 11 is 0. The smallest absolute Gasteiger partial charge is 0.193 e. The number of guanidine groups is 1. The fourth-order valence-electron chi connectivity index (χ4n) is 3.34. The van der Waals surface area contributed by atoms with E-state index in [1.165, 1.54) is 30.5 Å². The molecule has 5 nitrogen and oxygen atoms in total. The highest BCUT2D eigenvalue weighted by Gasteiger charge is 2.24. The van der Waals surface area contributed by atoms with Crippen LogP contribution in [-0.4, -0.2) is 69.2 Å². The van der Waals surface area contributed by atoms with Crippen molar-refractivity contribution in [3.05, 3.63) is 35.4 Å². The molecule has 1 aliphatic rings. The lowest BCUT2D eigenvalue weighted by molar-refractivity contribution is 0.141. The van der Waals surface area contributed by atoms with Crippen molar-refractivity contribution in [1.82, 2.24) is 15.1 Å². The summed E-state index contributed by atoms with van der Waals surface area (Å²) in [5.41, 5.74) is 2.66. The van der Waals surface area contributed by atoms with Crippen LogP contribution in [0, 0.1) is 6.92 Å². The number of benzene rings is 1. The van der Waals surface area contributed by atoms with Gasteiger partial charge in [-0.15, -0.1) is 0 Å². The molecule has 0 saturated carbocycles. The lowest BCUT2D eigenvalue weighted by Gasteiger charge is -2.28. The van der Waals surface area contributed by atoms with Gasteiger partial charge >= 0.3 is 0 Å². The molecule has 0 aliphatic carbocycles. The fourth-order valence-corrected chi connectivity index (χ4v) is 3.34. The van der Waals surface area contributed by atoms with Gasteiger partial charge < -0.3 is 15.0 Å². The van der Waals surface area contributed by atoms with E-state index in [1.54, 1.807) is 7.11 Å². The van der Waals surface area contributed by atoms with Crippen molar-refractivity contribution in [3.63, 3.8) is 0 Å². The maximum Gasteiger partial charge on any atom is 0.193 e. The molecular formula is C19H32N4O. The third kappa shape index (κ3) is 5.21. The van der Waals surface area contributed by atoms with Gasteiger partial charge in [-0.3, -0.25) is 9.89 Å². The predicted octanol–water partition coefficient (Wildman–Crippen LogP) is 2.11. The molecular weight excluding hydrogens is 300 g/mol. The van der Waals surface area contributed by atoms with Crippen LogP contribution in [0.5, 0.6) is 0 Å². The van der Waals surface area contributed by atoms with Crippen LogP contribution in [0.3, 0.4) is 0 Å². The van der Waals surface area contributed by atoms with Crippen LogP contribution in [0.2, 0.25) is 0 Å². The second-order valence-electron chi connectivity index (χ2n) is 6.54. The van der Waals surface area contributed by atoms with Gasteiger partial charge in [-0.25, -0.2) is 0 Å². The molecule has 0 amide bonds. The maximum atomic E-state index is 5.22. The molecule has 2 rings (SSSR count). The van der Waals surface area contributed by atoms with Gasteiger partial charge in [0.05, 0.1) is 6.61 Å². The number of nitrogens with one attached hydrogen (secondary N) is 1. The van der Waals surface area contributed by atoms with E-state index in [0.29, 0.717) is 6.04 Å². The number of hydrogen-bond acceptors (Lipinski definition) is 3. The summed E-state index contributed by atoms with van der Waals surface area (Å²) in [5.74, 6) is 0.955. The predicted molar refractivity (Wildman–Crippen MR) is 100 cm³/mol. The molecule has 5 heteroatoms. The molecule has 1 aromatic rings. The SMILES string of the molecule is CN=C(NCC1CCCN1CCOC)N(C)Cc1ccccc1C. The van der Waals surface area contributed by atoms with Gasteiger partial charge in [0.2, 0.25) is 0 Å². The van der Waals surface area contributed by atoms with E-state index >= 15 is 0 Å². The van der Waals surface area contributed by atoms with Crippen molar-refractivity contribution in [2.75, 3.05) is 47.4 Å². The Hall–Kier alpha value is -1.59. The second-order valence-corrected chi connectivity index (χ2v) is 6.54. The zero-order valence-corrected chi connectivity index (χ0v) is 15.6. The van der Waals surface area contributed by atoms with Crippen molar-refractivity contribution >= 4 is 5.96 Å². The topological polar surface area (TPSA) is 40.1 Å². The third-order valence-corrected chi connectivity index (χ3v) is 4.82. The summed E-state index contributed by atoms with van der Waals surface area (Å²) in [4.78, 5) is 9.16. The van der Waals surface area contributed by atoms with Gasteiger partial charge in [0, 0.05) is 46.9 Å². The van der Waals surface area contributed by atoms with E-state index in [2.05, 4.69) is 58.3 Å². The molecule has 0 aromatic heterocycles. The highest BCUT2D eigenvalue weighted by atomic mass is 16.5. The summed E-state index contributed by atoms with van der Waals surface area (Å²) < 4.78 is 5.22. The summed E-state index contributed by atoms with van der Waals surface area (Å²) in [6.07, 6.45) is 2.52. The second kappa shape index (κ2) is 9.64. The number of rotatable bonds is 7. The molecule has 134 valence electrons. The Balaban J connectivity index is 1.86. The molecule has 1 heterocycles. The average molecular weight is 332 g/mol. The molecule has 1 aliphatic heterocycles. The lowest BCUT2D eigenvalue weighted by Crippen LogP contribution is -2.45. The van der Waals surface area contributed by atoms with Crippen LogP contribution in [-0.2, 0) is 11.3 Å². The van der Waals surface area contributed by atoms with Gasteiger partial charge in [-0.05, 0) is 37.4 Å². The Morgan fingerprint density at radius 2 is 2.21 bits per heavy atom. The maximum absolute atomic E-state index is 5.22. The Morgan fingerprint density at radius 3 is 2.92 bits per heavy atom. The van der Waals surface area contributed by atoms with Crippen LogP contribution in [0.4, 0.5) is 0 Å². The zero-order chi connectivity index (χ0) is 17.4. The minimum absolute atomic E-state index is 0.573. The highest BCUT2D eigenvalue weighted by Crippen LogP contribution is 2.16. The van der Waals surface area contributed by atoms with Gasteiger partial charge in [0.1, 0.15) is 0 Å². The first-order valence-electron chi connectivity index (χ1n) is 8.85. The average Bonchev–Trinajstić information content (AvgIpc) is 3.03. The molecule has 0 radical (unpaired) electrons. The van der Waals surface area contributed by atoms with Crippen LogP contribution in [0.1, 0.15) is 24.0 Å². The summed E-state index contributed by atoms with van der Waals surface area (Å²) in [6.45, 7) is 6.96. The molecule has 1 atom stereocenters. The highest BCUT2D eigenvalue weighted by molar-refractivity contribution is 5.79. The Labute approximate surface area is 146 Å². The Morgan fingerprint density at radius 1 is 1.42 bits per heavy atom. The minimum Gasteiger partial charge on any atom is -0.383 e. The molecule has 1 aromatic carbocycles. The van der Waals surface area contributed by atoms with Crippen LogP contribution in [0.15, 0.2) is 29.3 Å². The monoisotopic (exact) mass is 332 g/mol. The largest absolute Gasteiger partial charge is 0.383 e. The molecule has 1 N–H and O–H groups in total. The molecule has 24 heavy (non-hydrogen) atoms. The van der Waals surface area contributed by atoms with Gasteiger partial charge in [-0.2, -0.15) is 0 Å². The third-order valence-electron chi connectivity index (χ3n) is 4.82. The van der Waals surface area contributed by atoms with Gasteiger partial charge in [0.25, 0.3) is 0 Å². The molecule has 1 saturated heterocycles. The van der Waals surface area contributed by atoms with Crippen LogP contribution < -0.4 is 5.32 Å².